The number of hydrogen-bond donors (Lipinski definition) is 1. The topological polar surface area (TPSA) is 90.8 Å². The Morgan fingerprint density at radius 2 is 2.36 bits per heavy atom. The van der Waals surface area contributed by atoms with E-state index in [0.29, 0.717) is 9.63 Å². The third-order valence-electron chi connectivity index (χ3n) is 3.91. The number of carbonyl (C=O) groups excluding carboxylic acids is 1. The minimum Gasteiger partial charge on any atom is -0.452 e. The van der Waals surface area contributed by atoms with Crippen LogP contribution in [-0.2, 0) is 14.2 Å². The molecule has 7 nitrogen and oxygen atoms in total. The van der Waals surface area contributed by atoms with Crippen LogP contribution in [-0.4, -0.2) is 64.4 Å². The molecule has 120 valence electrons. The molecule has 1 N–H and O–H groups in total. The summed E-state index contributed by atoms with van der Waals surface area (Å²) in [6.07, 6.45) is 1.56. The summed E-state index contributed by atoms with van der Waals surface area (Å²) in [6, 6.07) is 0. The number of fused-ring (bicyclic) bond motifs is 1. The molecule has 9 heteroatoms. The molecule has 0 amide bonds. The summed E-state index contributed by atoms with van der Waals surface area (Å²) in [4.78, 5) is 20.5. The van der Waals surface area contributed by atoms with Crippen molar-refractivity contribution in [3.63, 3.8) is 0 Å². The highest BCUT2D eigenvalue weighted by Crippen LogP contribution is 2.38. The Kier molecular flexibility index (Phi) is 4.43. The zero-order valence-corrected chi connectivity index (χ0v) is 14.4. The Hall–Kier alpha value is -0.740. The lowest BCUT2D eigenvalue weighted by atomic mass is 9.95. The summed E-state index contributed by atoms with van der Waals surface area (Å²) in [6.45, 7) is 2.11. The number of aliphatic hydroxyl groups is 1. The Balaban J connectivity index is 1.76. The second-order valence-electron chi connectivity index (χ2n) is 5.26. The smallest absolute Gasteiger partial charge is 0.358 e. The molecule has 0 aliphatic carbocycles. The van der Waals surface area contributed by atoms with Gasteiger partial charge >= 0.3 is 5.97 Å². The molecule has 0 aromatic carbocycles. The number of nitrogens with zero attached hydrogens (tertiary/aromatic N) is 2. The van der Waals surface area contributed by atoms with Crippen molar-refractivity contribution in [2.24, 2.45) is 0 Å². The Morgan fingerprint density at radius 1 is 1.59 bits per heavy atom. The van der Waals surface area contributed by atoms with Gasteiger partial charge in [0.15, 0.2) is 17.0 Å². The van der Waals surface area contributed by atoms with Gasteiger partial charge in [0.25, 0.3) is 0 Å². The van der Waals surface area contributed by atoms with Gasteiger partial charge in [0, 0.05) is 6.20 Å². The minimum absolute atomic E-state index is 0.159. The average Bonchev–Trinajstić information content (AvgIpc) is 2.97. The quantitative estimate of drug-likeness (QED) is 0.464. The molecule has 0 spiro atoms. The van der Waals surface area contributed by atoms with E-state index in [-0.39, 0.29) is 18.9 Å². The summed E-state index contributed by atoms with van der Waals surface area (Å²) >= 11 is 4.58. The number of aliphatic hydroxyl groups excluding tert-OH is 1. The van der Waals surface area contributed by atoms with Gasteiger partial charge < -0.3 is 19.3 Å². The van der Waals surface area contributed by atoms with E-state index in [0.717, 1.165) is 0 Å². The van der Waals surface area contributed by atoms with E-state index in [1.165, 1.54) is 18.0 Å². The third-order valence-corrected chi connectivity index (χ3v) is 5.06. The molecule has 0 bridgehead atoms. The molecule has 3 rings (SSSR count). The monoisotopic (exact) mass is 390 g/mol. The van der Waals surface area contributed by atoms with E-state index in [1.807, 2.05) is 6.26 Å². The number of thioether (sulfide) groups is 1. The van der Waals surface area contributed by atoms with Crippen LogP contribution in [0.2, 0.25) is 0 Å². The first-order valence-corrected chi connectivity index (χ1v) is 8.68. The SMILES string of the molecule is CSc1ncc(Br)c(C(=O)O[C@H]2CO[C@@]3(C)[C@@H]2OC[C@@H]3O)n1. The summed E-state index contributed by atoms with van der Waals surface area (Å²) < 4.78 is 17.1. The Bertz CT molecular complexity index is 604. The van der Waals surface area contributed by atoms with Gasteiger partial charge in [0.1, 0.15) is 17.8 Å². The highest BCUT2D eigenvalue weighted by atomic mass is 79.9. The molecule has 0 unspecified atom stereocenters. The molecule has 0 saturated carbocycles. The predicted octanol–water partition coefficient (Wildman–Crippen LogP) is 1.03. The van der Waals surface area contributed by atoms with Crippen LogP contribution in [0.5, 0.6) is 0 Å². The van der Waals surface area contributed by atoms with E-state index < -0.39 is 29.9 Å². The first-order chi connectivity index (χ1) is 10.5. The van der Waals surface area contributed by atoms with Crippen molar-refractivity contribution >= 4 is 33.7 Å². The van der Waals surface area contributed by atoms with Gasteiger partial charge in [0.2, 0.25) is 0 Å². The fourth-order valence-electron chi connectivity index (χ4n) is 2.60. The zero-order valence-electron chi connectivity index (χ0n) is 12.0. The number of hydrogen-bond acceptors (Lipinski definition) is 8. The van der Waals surface area contributed by atoms with Crippen molar-refractivity contribution in [1.29, 1.82) is 0 Å². The lowest BCUT2D eigenvalue weighted by Gasteiger charge is -2.25. The molecule has 22 heavy (non-hydrogen) atoms. The molecule has 2 fully saturated rings. The molecule has 1 aromatic heterocycles. The number of rotatable bonds is 3. The van der Waals surface area contributed by atoms with Crippen LogP contribution in [0.4, 0.5) is 0 Å². The van der Waals surface area contributed by atoms with Gasteiger partial charge in [0.05, 0.1) is 17.7 Å². The van der Waals surface area contributed by atoms with E-state index in [2.05, 4.69) is 25.9 Å². The van der Waals surface area contributed by atoms with Crippen LogP contribution in [0.15, 0.2) is 15.8 Å². The van der Waals surface area contributed by atoms with Gasteiger partial charge in [-0.15, -0.1) is 0 Å². The molecule has 1 aromatic rings. The molecular weight excluding hydrogens is 376 g/mol. The molecule has 2 aliphatic rings. The second-order valence-corrected chi connectivity index (χ2v) is 6.89. The van der Waals surface area contributed by atoms with Crippen LogP contribution in [0.3, 0.4) is 0 Å². The average molecular weight is 391 g/mol. The predicted molar refractivity (Wildman–Crippen MR) is 80.8 cm³/mol. The van der Waals surface area contributed by atoms with Gasteiger partial charge in [-0.2, -0.15) is 0 Å². The lowest BCUT2D eigenvalue weighted by molar-refractivity contribution is -0.0621. The maximum atomic E-state index is 12.3. The van der Waals surface area contributed by atoms with Gasteiger partial charge in [-0.3, -0.25) is 0 Å². The second kappa shape index (κ2) is 6.04. The molecule has 2 saturated heterocycles. The summed E-state index contributed by atoms with van der Waals surface area (Å²) in [5.74, 6) is -0.576. The van der Waals surface area contributed by atoms with Crippen molar-refractivity contribution in [1.82, 2.24) is 9.97 Å². The Morgan fingerprint density at radius 3 is 3.09 bits per heavy atom. The Labute approximate surface area is 139 Å². The fraction of sp³-hybridized carbons (Fsp3) is 0.615. The van der Waals surface area contributed by atoms with Crippen molar-refractivity contribution in [3.05, 3.63) is 16.4 Å². The summed E-state index contributed by atoms with van der Waals surface area (Å²) in [5, 5.41) is 10.4. The highest BCUT2D eigenvalue weighted by molar-refractivity contribution is 9.10. The normalized spacial score (nSPS) is 33.7. The largest absolute Gasteiger partial charge is 0.452 e. The number of esters is 1. The third kappa shape index (κ3) is 2.65. The molecule has 2 aliphatic heterocycles. The molecule has 3 heterocycles. The summed E-state index contributed by atoms with van der Waals surface area (Å²) in [5.41, 5.74) is -0.676. The van der Waals surface area contributed by atoms with Crippen molar-refractivity contribution in [2.45, 2.75) is 36.0 Å². The van der Waals surface area contributed by atoms with Gasteiger partial charge in [-0.25, -0.2) is 14.8 Å². The number of aromatic nitrogens is 2. The minimum atomic E-state index is -0.835. The maximum Gasteiger partial charge on any atom is 0.358 e. The molecular formula is C13H15BrN2O5S. The van der Waals surface area contributed by atoms with E-state index in [4.69, 9.17) is 14.2 Å². The fourth-order valence-corrected chi connectivity index (χ4v) is 3.29. The van der Waals surface area contributed by atoms with Crippen molar-refractivity contribution in [2.75, 3.05) is 19.5 Å². The maximum absolute atomic E-state index is 12.3. The zero-order chi connectivity index (χ0) is 15.9. The standard InChI is InChI=1S/C13H15BrN2O5S/c1-13-8(17)5-19-10(13)7(4-20-13)21-11(18)9-6(14)3-15-12(16-9)22-2/h3,7-8,10,17H,4-5H2,1-2H3/t7-,8-,10+,13+/m0/s1. The van der Waals surface area contributed by atoms with E-state index >= 15 is 0 Å². The number of ether oxygens (including phenoxy) is 3. The molecule has 0 radical (unpaired) electrons. The van der Waals surface area contributed by atoms with Crippen LogP contribution >= 0.6 is 27.7 Å². The number of carbonyl (C=O) groups is 1. The first-order valence-electron chi connectivity index (χ1n) is 6.67. The lowest BCUT2D eigenvalue weighted by Crippen LogP contribution is -2.44. The highest BCUT2D eigenvalue weighted by Gasteiger charge is 2.58. The number of halogens is 1. The summed E-state index contributed by atoms with van der Waals surface area (Å²) in [7, 11) is 0. The van der Waals surface area contributed by atoms with Gasteiger partial charge in [-0.05, 0) is 29.1 Å². The van der Waals surface area contributed by atoms with Crippen molar-refractivity contribution in [3.8, 4) is 0 Å². The first kappa shape index (κ1) is 16.1. The molecule has 4 atom stereocenters. The van der Waals surface area contributed by atoms with E-state index in [9.17, 15) is 9.90 Å². The van der Waals surface area contributed by atoms with Crippen LogP contribution in [0.1, 0.15) is 17.4 Å². The van der Waals surface area contributed by atoms with Gasteiger partial charge in [-0.1, -0.05) is 11.8 Å². The van der Waals surface area contributed by atoms with Crippen molar-refractivity contribution < 1.29 is 24.1 Å². The van der Waals surface area contributed by atoms with E-state index in [1.54, 1.807) is 6.92 Å². The van der Waals surface area contributed by atoms with Crippen LogP contribution in [0.25, 0.3) is 0 Å². The van der Waals surface area contributed by atoms with Crippen LogP contribution in [0, 0.1) is 0 Å². The van der Waals surface area contributed by atoms with Crippen LogP contribution < -0.4 is 0 Å².